The van der Waals surface area contributed by atoms with Crippen LogP contribution in [-0.4, -0.2) is 22.9 Å². The summed E-state index contributed by atoms with van der Waals surface area (Å²) in [5.74, 6) is 1.65. The Hall–Kier alpha value is -2.50. The molecule has 1 aromatic carbocycles. The first-order chi connectivity index (χ1) is 11.7. The summed E-state index contributed by atoms with van der Waals surface area (Å²) in [6, 6.07) is 5.70. The van der Waals surface area contributed by atoms with Crippen LogP contribution in [0.4, 0.5) is 5.69 Å². The maximum absolute atomic E-state index is 12.6. The van der Waals surface area contributed by atoms with Crippen LogP contribution >= 0.6 is 0 Å². The molecule has 1 amide bonds. The van der Waals surface area contributed by atoms with Gasteiger partial charge in [-0.05, 0) is 38.0 Å². The molecule has 1 aliphatic carbocycles. The second-order valence-corrected chi connectivity index (χ2v) is 6.46. The van der Waals surface area contributed by atoms with E-state index in [1.165, 1.54) is 6.42 Å². The number of hydrogen-bond acceptors (Lipinski definition) is 4. The van der Waals surface area contributed by atoms with Crippen LogP contribution in [0, 0.1) is 12.8 Å². The average Bonchev–Trinajstić information content (AvgIpc) is 3.22. The Morgan fingerprint density at radius 3 is 2.83 bits per heavy atom. The Morgan fingerprint density at radius 1 is 1.21 bits per heavy atom. The van der Waals surface area contributed by atoms with Crippen molar-refractivity contribution in [2.75, 3.05) is 12.1 Å². The zero-order chi connectivity index (χ0) is 16.5. The predicted molar refractivity (Wildman–Crippen MR) is 90.1 cm³/mol. The van der Waals surface area contributed by atoms with Crippen LogP contribution in [0.15, 0.2) is 18.2 Å². The van der Waals surface area contributed by atoms with Gasteiger partial charge in [-0.3, -0.25) is 9.89 Å². The number of hydrogen-bond donors (Lipinski definition) is 2. The number of fused-ring (bicyclic) bond motifs is 1. The maximum atomic E-state index is 12.6. The van der Waals surface area contributed by atoms with E-state index in [0.717, 1.165) is 54.1 Å². The Morgan fingerprint density at radius 2 is 2.00 bits per heavy atom. The number of carbonyl (C=O) groups excluding carboxylic acids is 1. The van der Waals surface area contributed by atoms with Crippen molar-refractivity contribution in [1.82, 2.24) is 10.2 Å². The molecular weight excluding hydrogens is 306 g/mol. The van der Waals surface area contributed by atoms with E-state index >= 15 is 0 Å². The van der Waals surface area contributed by atoms with Gasteiger partial charge >= 0.3 is 0 Å². The van der Waals surface area contributed by atoms with E-state index in [-0.39, 0.29) is 18.6 Å². The Bertz CT molecular complexity index is 763. The highest BCUT2D eigenvalue weighted by Gasteiger charge is 2.24. The first-order valence-electron chi connectivity index (χ1n) is 8.48. The minimum absolute atomic E-state index is 0.0983. The third-order valence-corrected chi connectivity index (χ3v) is 4.82. The van der Waals surface area contributed by atoms with Gasteiger partial charge in [-0.25, -0.2) is 0 Å². The minimum Gasteiger partial charge on any atom is -0.454 e. The Balaban J connectivity index is 1.60. The number of rotatable bonds is 3. The van der Waals surface area contributed by atoms with Crippen LogP contribution in [0.1, 0.15) is 37.8 Å². The van der Waals surface area contributed by atoms with Crippen molar-refractivity contribution < 1.29 is 14.3 Å². The van der Waals surface area contributed by atoms with Gasteiger partial charge in [-0.2, -0.15) is 5.10 Å². The highest BCUT2D eigenvalue weighted by molar-refractivity contribution is 5.97. The lowest BCUT2D eigenvalue weighted by molar-refractivity contribution is -0.120. The third kappa shape index (κ3) is 2.72. The van der Waals surface area contributed by atoms with Gasteiger partial charge < -0.3 is 14.8 Å². The number of nitrogens with zero attached hydrogens (tertiary/aromatic N) is 1. The van der Waals surface area contributed by atoms with E-state index in [2.05, 4.69) is 15.5 Å². The number of ether oxygens (including phenoxy) is 2. The molecule has 0 radical (unpaired) electrons. The minimum atomic E-state index is 0.0983. The zero-order valence-electron chi connectivity index (χ0n) is 13.7. The van der Waals surface area contributed by atoms with E-state index < -0.39 is 0 Å². The normalized spacial score (nSPS) is 17.0. The summed E-state index contributed by atoms with van der Waals surface area (Å²) in [5, 5.41) is 10.4. The fourth-order valence-corrected chi connectivity index (χ4v) is 3.42. The van der Waals surface area contributed by atoms with E-state index in [0.29, 0.717) is 5.75 Å². The molecule has 0 atom stereocenters. The summed E-state index contributed by atoms with van der Waals surface area (Å²) in [7, 11) is 0. The first kappa shape index (κ1) is 15.1. The molecule has 1 saturated carbocycles. The number of benzene rings is 1. The van der Waals surface area contributed by atoms with Crippen LogP contribution in [0.25, 0.3) is 11.3 Å². The van der Waals surface area contributed by atoms with Crippen LogP contribution in [0.3, 0.4) is 0 Å². The van der Waals surface area contributed by atoms with Crippen LogP contribution in [-0.2, 0) is 4.79 Å². The molecule has 2 aromatic rings. The number of aromatic amines is 1. The molecule has 6 nitrogen and oxygen atoms in total. The quantitative estimate of drug-likeness (QED) is 0.902. The highest BCUT2D eigenvalue weighted by atomic mass is 16.7. The van der Waals surface area contributed by atoms with Crippen LogP contribution in [0.2, 0.25) is 0 Å². The zero-order valence-corrected chi connectivity index (χ0v) is 13.7. The van der Waals surface area contributed by atoms with Gasteiger partial charge in [0.15, 0.2) is 11.5 Å². The smallest absolute Gasteiger partial charge is 0.231 e. The van der Waals surface area contributed by atoms with Crippen molar-refractivity contribution in [2.24, 2.45) is 5.92 Å². The Kier molecular flexibility index (Phi) is 3.88. The maximum Gasteiger partial charge on any atom is 0.231 e. The van der Waals surface area contributed by atoms with Crippen molar-refractivity contribution >= 4 is 11.6 Å². The second kappa shape index (κ2) is 6.19. The van der Waals surface area contributed by atoms with Crippen LogP contribution in [0.5, 0.6) is 11.5 Å². The monoisotopic (exact) mass is 327 g/mol. The fourth-order valence-electron chi connectivity index (χ4n) is 3.42. The molecular formula is C18H21N3O3. The van der Waals surface area contributed by atoms with E-state index in [9.17, 15) is 4.79 Å². The molecule has 1 aromatic heterocycles. The lowest BCUT2D eigenvalue weighted by Gasteiger charge is -2.21. The van der Waals surface area contributed by atoms with Crippen molar-refractivity contribution in [1.29, 1.82) is 0 Å². The van der Waals surface area contributed by atoms with Crippen molar-refractivity contribution in [2.45, 2.75) is 39.0 Å². The van der Waals surface area contributed by atoms with Gasteiger partial charge in [0.25, 0.3) is 0 Å². The van der Waals surface area contributed by atoms with Gasteiger partial charge in [0.05, 0.1) is 11.4 Å². The molecule has 24 heavy (non-hydrogen) atoms. The largest absolute Gasteiger partial charge is 0.454 e. The fraction of sp³-hybridized carbons (Fsp3) is 0.444. The lowest BCUT2D eigenvalue weighted by Crippen LogP contribution is -2.25. The number of aryl methyl sites for hydroxylation is 1. The number of H-pyrrole nitrogens is 1. The average molecular weight is 327 g/mol. The summed E-state index contributed by atoms with van der Waals surface area (Å²) in [6.07, 6.45) is 5.45. The standard InChI is InChI=1S/C18H21N3O3/c1-11-16(19-18(22)12-5-3-2-4-6-12)17(21-20-11)13-7-8-14-15(9-13)24-10-23-14/h7-9,12H,2-6,10H2,1H3,(H,19,22)(H,20,21). The Labute approximate surface area is 140 Å². The molecule has 1 fully saturated rings. The molecule has 2 N–H and O–H groups in total. The number of amides is 1. The SMILES string of the molecule is Cc1[nH]nc(-c2ccc3c(c2)OCO3)c1NC(=O)C1CCCCC1. The molecule has 0 saturated heterocycles. The first-order valence-corrected chi connectivity index (χ1v) is 8.48. The molecule has 2 aliphatic rings. The second-order valence-electron chi connectivity index (χ2n) is 6.46. The van der Waals surface area contributed by atoms with Gasteiger partial charge in [0.2, 0.25) is 12.7 Å². The van der Waals surface area contributed by atoms with Gasteiger partial charge in [0.1, 0.15) is 5.69 Å². The molecule has 4 rings (SSSR count). The van der Waals surface area contributed by atoms with Crippen LogP contribution < -0.4 is 14.8 Å². The van der Waals surface area contributed by atoms with Crippen molar-refractivity contribution in [3.8, 4) is 22.8 Å². The lowest BCUT2D eigenvalue weighted by atomic mass is 9.88. The van der Waals surface area contributed by atoms with E-state index in [4.69, 9.17) is 9.47 Å². The van der Waals surface area contributed by atoms with Crippen molar-refractivity contribution in [3.05, 3.63) is 23.9 Å². The molecule has 126 valence electrons. The number of anilines is 1. The molecule has 0 spiro atoms. The molecule has 0 unspecified atom stereocenters. The molecule has 1 aliphatic heterocycles. The third-order valence-electron chi connectivity index (χ3n) is 4.82. The van der Waals surface area contributed by atoms with E-state index in [1.54, 1.807) is 0 Å². The summed E-state index contributed by atoms with van der Waals surface area (Å²) < 4.78 is 10.8. The van der Waals surface area contributed by atoms with E-state index in [1.807, 2.05) is 25.1 Å². The molecule has 2 heterocycles. The summed E-state index contributed by atoms with van der Waals surface area (Å²) in [6.45, 7) is 2.16. The number of aromatic nitrogens is 2. The highest BCUT2D eigenvalue weighted by Crippen LogP contribution is 2.38. The molecule has 6 heteroatoms. The number of nitrogens with one attached hydrogen (secondary N) is 2. The van der Waals surface area contributed by atoms with Gasteiger partial charge in [-0.1, -0.05) is 19.3 Å². The summed E-state index contributed by atoms with van der Waals surface area (Å²) >= 11 is 0. The molecule has 0 bridgehead atoms. The summed E-state index contributed by atoms with van der Waals surface area (Å²) in [4.78, 5) is 12.6. The topological polar surface area (TPSA) is 76.2 Å². The summed E-state index contributed by atoms with van der Waals surface area (Å²) in [5.41, 5.74) is 3.23. The predicted octanol–water partition coefficient (Wildman–Crippen LogP) is 3.63. The van der Waals surface area contributed by atoms with Gasteiger partial charge in [-0.15, -0.1) is 0 Å². The van der Waals surface area contributed by atoms with Gasteiger partial charge in [0, 0.05) is 11.5 Å². The van der Waals surface area contributed by atoms with Crippen molar-refractivity contribution in [3.63, 3.8) is 0 Å². The number of carbonyl (C=O) groups is 1.